The number of carbonyl (C=O) groups excluding carboxylic acids is 1. The molecule has 5 nitrogen and oxygen atoms in total. The molecule has 2 aromatic rings. The maximum absolute atomic E-state index is 12.3. The Morgan fingerprint density at radius 3 is 2.60 bits per heavy atom. The van der Waals surface area contributed by atoms with Crippen LogP contribution in [0, 0.1) is 12.8 Å². The Balaban J connectivity index is 2.30. The Hall–Kier alpha value is -2.30. The molecule has 2 rings (SSSR count). The molecule has 0 aliphatic rings. The van der Waals surface area contributed by atoms with Gasteiger partial charge in [-0.25, -0.2) is 9.59 Å². The van der Waals surface area contributed by atoms with Crippen LogP contribution in [-0.2, 0) is 16.0 Å². The summed E-state index contributed by atoms with van der Waals surface area (Å²) in [4.78, 5) is 24.0. The van der Waals surface area contributed by atoms with Crippen molar-refractivity contribution in [3.63, 3.8) is 0 Å². The van der Waals surface area contributed by atoms with Gasteiger partial charge in [0.25, 0.3) is 0 Å². The molecule has 136 valence electrons. The summed E-state index contributed by atoms with van der Waals surface area (Å²) in [5.74, 6) is 0.560. The van der Waals surface area contributed by atoms with Gasteiger partial charge in [-0.15, -0.1) is 0 Å². The third kappa shape index (κ3) is 4.62. The maximum Gasteiger partial charge on any atom is 0.347 e. The van der Waals surface area contributed by atoms with Gasteiger partial charge in [0.15, 0.2) is 6.10 Å². The smallest absolute Gasteiger partial charge is 0.347 e. The lowest BCUT2D eigenvalue weighted by Crippen LogP contribution is -2.26. The van der Waals surface area contributed by atoms with Crippen LogP contribution >= 0.6 is 0 Å². The maximum atomic E-state index is 12.3. The first-order valence-corrected chi connectivity index (χ1v) is 8.73. The highest BCUT2D eigenvalue weighted by Gasteiger charge is 2.17. The molecule has 1 aromatic heterocycles. The fraction of sp³-hybridized carbons (Fsp3) is 0.500. The average Bonchev–Trinajstić information content (AvgIpc) is 2.54. The minimum absolute atomic E-state index is 0.303. The third-order valence-electron chi connectivity index (χ3n) is 4.16. The van der Waals surface area contributed by atoms with Crippen LogP contribution in [-0.4, -0.2) is 18.7 Å². The van der Waals surface area contributed by atoms with Gasteiger partial charge < -0.3 is 13.9 Å². The molecule has 0 aliphatic heterocycles. The molecule has 1 atom stereocenters. The van der Waals surface area contributed by atoms with Crippen molar-refractivity contribution in [1.82, 2.24) is 0 Å². The van der Waals surface area contributed by atoms with Gasteiger partial charge in [-0.2, -0.15) is 0 Å². The molecular weight excluding hydrogens is 320 g/mol. The molecule has 0 N–H and O–H groups in total. The highest BCUT2D eigenvalue weighted by atomic mass is 16.6. The summed E-state index contributed by atoms with van der Waals surface area (Å²) in [7, 11) is 0. The summed E-state index contributed by atoms with van der Waals surface area (Å²) in [6, 6.07) is 5.28. The van der Waals surface area contributed by atoms with Crippen LogP contribution < -0.4 is 10.4 Å². The molecule has 0 fully saturated rings. The molecule has 0 aliphatic carbocycles. The van der Waals surface area contributed by atoms with Crippen molar-refractivity contribution in [1.29, 1.82) is 0 Å². The highest BCUT2D eigenvalue weighted by molar-refractivity contribution is 5.82. The molecule has 0 amide bonds. The summed E-state index contributed by atoms with van der Waals surface area (Å²) in [5, 5.41) is 0.884. The van der Waals surface area contributed by atoms with E-state index >= 15 is 0 Å². The molecule has 0 saturated carbocycles. The zero-order valence-electron chi connectivity index (χ0n) is 15.5. The fourth-order valence-corrected chi connectivity index (χ4v) is 2.68. The highest BCUT2D eigenvalue weighted by Crippen LogP contribution is 2.25. The summed E-state index contributed by atoms with van der Waals surface area (Å²) in [5.41, 5.74) is 1.83. The van der Waals surface area contributed by atoms with Crippen LogP contribution in [0.2, 0.25) is 0 Å². The molecule has 25 heavy (non-hydrogen) atoms. The summed E-state index contributed by atoms with van der Waals surface area (Å²) < 4.78 is 16.0. The number of hydrogen-bond acceptors (Lipinski definition) is 5. The van der Waals surface area contributed by atoms with Crippen LogP contribution in [0.4, 0.5) is 0 Å². The van der Waals surface area contributed by atoms with Crippen LogP contribution in [0.25, 0.3) is 11.0 Å². The zero-order valence-corrected chi connectivity index (χ0v) is 15.5. The van der Waals surface area contributed by atoms with E-state index < -0.39 is 12.1 Å². The molecule has 5 heteroatoms. The molecule has 1 aromatic carbocycles. The molecule has 0 saturated heterocycles. The summed E-state index contributed by atoms with van der Waals surface area (Å²) in [6.07, 6.45) is 0.922. The van der Waals surface area contributed by atoms with E-state index in [1.165, 1.54) is 0 Å². The van der Waals surface area contributed by atoms with Crippen LogP contribution in [0.3, 0.4) is 0 Å². The second-order valence-corrected chi connectivity index (χ2v) is 6.60. The monoisotopic (exact) mass is 346 g/mol. The third-order valence-corrected chi connectivity index (χ3v) is 4.16. The van der Waals surface area contributed by atoms with Crippen LogP contribution in [0.5, 0.6) is 5.75 Å². The molecule has 1 unspecified atom stereocenters. The second kappa shape index (κ2) is 8.19. The van der Waals surface area contributed by atoms with E-state index in [-0.39, 0.29) is 5.63 Å². The molecule has 0 radical (unpaired) electrons. The Bertz CT molecular complexity index is 804. The van der Waals surface area contributed by atoms with Crippen molar-refractivity contribution >= 4 is 16.9 Å². The second-order valence-electron chi connectivity index (χ2n) is 6.60. The molecule has 1 heterocycles. The van der Waals surface area contributed by atoms with Crippen molar-refractivity contribution in [2.45, 2.75) is 53.6 Å². The summed E-state index contributed by atoms with van der Waals surface area (Å²) in [6.45, 7) is 9.88. The summed E-state index contributed by atoms with van der Waals surface area (Å²) >= 11 is 0. The first-order chi connectivity index (χ1) is 11.8. The van der Waals surface area contributed by atoms with Gasteiger partial charge in [-0.05, 0) is 57.2 Å². The molecular formula is C20H26O5. The minimum Gasteiger partial charge on any atom is -0.479 e. The van der Waals surface area contributed by atoms with Gasteiger partial charge in [0.2, 0.25) is 0 Å². The van der Waals surface area contributed by atoms with Gasteiger partial charge in [0.1, 0.15) is 11.3 Å². The first kappa shape index (κ1) is 19.0. The van der Waals surface area contributed by atoms with E-state index in [0.717, 1.165) is 22.9 Å². The van der Waals surface area contributed by atoms with Crippen molar-refractivity contribution in [2.24, 2.45) is 5.92 Å². The zero-order chi connectivity index (χ0) is 18.6. The van der Waals surface area contributed by atoms with Gasteiger partial charge in [-0.3, -0.25) is 0 Å². The molecule has 0 spiro atoms. The predicted molar refractivity (Wildman–Crippen MR) is 97.1 cm³/mol. The average molecular weight is 346 g/mol. The van der Waals surface area contributed by atoms with Gasteiger partial charge in [0.05, 0.1) is 6.61 Å². The van der Waals surface area contributed by atoms with E-state index in [2.05, 4.69) is 13.8 Å². The van der Waals surface area contributed by atoms with E-state index in [4.69, 9.17) is 13.9 Å². The van der Waals surface area contributed by atoms with E-state index in [0.29, 0.717) is 30.3 Å². The van der Waals surface area contributed by atoms with Crippen molar-refractivity contribution in [3.05, 3.63) is 39.7 Å². The number of carbonyl (C=O) groups is 1. The number of hydrogen-bond donors (Lipinski definition) is 0. The van der Waals surface area contributed by atoms with Gasteiger partial charge in [-0.1, -0.05) is 13.8 Å². The Labute approximate surface area is 147 Å². The number of fused-ring (bicyclic) bond motifs is 1. The number of rotatable bonds is 7. The Morgan fingerprint density at radius 2 is 1.96 bits per heavy atom. The van der Waals surface area contributed by atoms with Crippen molar-refractivity contribution in [3.8, 4) is 5.75 Å². The lowest BCUT2D eigenvalue weighted by molar-refractivity contribution is -0.150. The minimum atomic E-state index is -0.726. The SMILES string of the molecule is CCOC(=O)C(C)Oc1ccc2c(C)c(CCC(C)C)c(=O)oc2c1. The number of ether oxygens (including phenoxy) is 2. The molecule has 0 bridgehead atoms. The fourth-order valence-electron chi connectivity index (χ4n) is 2.68. The predicted octanol–water partition coefficient (Wildman–Crippen LogP) is 4.02. The number of benzene rings is 1. The normalized spacial score (nSPS) is 12.4. The number of aryl methyl sites for hydroxylation is 1. The lowest BCUT2D eigenvalue weighted by Gasteiger charge is -2.14. The van der Waals surface area contributed by atoms with Gasteiger partial charge >= 0.3 is 11.6 Å². The number of esters is 1. The first-order valence-electron chi connectivity index (χ1n) is 8.73. The van der Waals surface area contributed by atoms with Crippen LogP contribution in [0.15, 0.2) is 27.4 Å². The largest absolute Gasteiger partial charge is 0.479 e. The topological polar surface area (TPSA) is 65.7 Å². The lowest BCUT2D eigenvalue weighted by atomic mass is 9.98. The standard InChI is InChI=1S/C20H26O5/c1-6-23-19(21)14(5)24-15-8-10-16-13(4)17(9-7-12(2)3)20(22)25-18(16)11-15/h8,10-12,14H,6-7,9H2,1-5H3. The van der Waals surface area contributed by atoms with Crippen molar-refractivity contribution in [2.75, 3.05) is 6.61 Å². The quantitative estimate of drug-likeness (QED) is 0.559. The van der Waals surface area contributed by atoms with Gasteiger partial charge in [0, 0.05) is 17.0 Å². The van der Waals surface area contributed by atoms with E-state index in [1.807, 2.05) is 13.0 Å². The van der Waals surface area contributed by atoms with Crippen LogP contribution in [0.1, 0.15) is 45.2 Å². The Kier molecular flexibility index (Phi) is 6.23. The van der Waals surface area contributed by atoms with Crippen molar-refractivity contribution < 1.29 is 18.7 Å². The Morgan fingerprint density at radius 1 is 1.24 bits per heavy atom. The van der Waals surface area contributed by atoms with E-state index in [1.54, 1.807) is 26.0 Å². The van der Waals surface area contributed by atoms with E-state index in [9.17, 15) is 9.59 Å².